The van der Waals surface area contributed by atoms with Crippen molar-refractivity contribution in [1.82, 2.24) is 9.55 Å². The number of rotatable bonds is 22. The Hall–Kier alpha value is -1.14. The molecular weight excluding hydrogens is 545 g/mol. The van der Waals surface area contributed by atoms with Gasteiger partial charge in [-0.25, -0.2) is 4.98 Å². The van der Waals surface area contributed by atoms with Crippen molar-refractivity contribution in [2.75, 3.05) is 11.5 Å². The first kappa shape index (κ1) is 33.1. The second-order valence-electron chi connectivity index (χ2n) is 10.1. The van der Waals surface area contributed by atoms with Crippen LogP contribution in [0.3, 0.4) is 0 Å². The van der Waals surface area contributed by atoms with Gasteiger partial charge in [0.25, 0.3) is 20.2 Å². The Kier molecular flexibility index (Phi) is 15.3. The molecule has 0 saturated heterocycles. The first-order valence-electron chi connectivity index (χ1n) is 14.2. The van der Waals surface area contributed by atoms with Crippen LogP contribution in [0, 0.1) is 0 Å². The predicted molar refractivity (Wildman–Crippen MR) is 156 cm³/mol. The number of imidazole rings is 1. The third-order valence-corrected chi connectivity index (χ3v) is 9.46. The number of benzene rings is 1. The van der Waals surface area contributed by atoms with Gasteiger partial charge in [0.05, 0.1) is 21.7 Å². The highest BCUT2D eigenvalue weighted by Crippen LogP contribution is 2.28. The van der Waals surface area contributed by atoms with Crippen molar-refractivity contribution in [3.63, 3.8) is 0 Å². The van der Waals surface area contributed by atoms with E-state index in [0.29, 0.717) is 36.8 Å². The number of aryl methyl sites for hydroxylation is 1. The van der Waals surface area contributed by atoms with Crippen molar-refractivity contribution in [2.24, 2.45) is 0 Å². The molecule has 11 heteroatoms. The van der Waals surface area contributed by atoms with Crippen LogP contribution < -0.4 is 0 Å². The molecule has 2 N–H and O–H groups in total. The molecule has 0 bridgehead atoms. The maximum absolute atomic E-state index is 11.6. The Morgan fingerprint density at radius 2 is 1.32 bits per heavy atom. The van der Waals surface area contributed by atoms with Crippen LogP contribution in [0.4, 0.5) is 0 Å². The number of hydrogen-bond acceptors (Lipinski definition) is 6. The Labute approximate surface area is 233 Å². The molecule has 0 radical (unpaired) electrons. The number of hydrogen-bond donors (Lipinski definition) is 2. The van der Waals surface area contributed by atoms with Gasteiger partial charge in [0.1, 0.15) is 0 Å². The summed E-state index contributed by atoms with van der Waals surface area (Å²) >= 11 is 1.64. The van der Waals surface area contributed by atoms with Gasteiger partial charge in [-0.15, -0.1) is 0 Å². The fourth-order valence-corrected chi connectivity index (χ4v) is 6.69. The Balaban J connectivity index is 1.79. The monoisotopic (exact) mass is 590 g/mol. The lowest BCUT2D eigenvalue weighted by molar-refractivity contribution is 0.477. The van der Waals surface area contributed by atoms with Gasteiger partial charge in [-0.05, 0) is 37.5 Å². The van der Waals surface area contributed by atoms with E-state index in [1.807, 2.05) is 4.57 Å². The molecular formula is C27H46N2O6S3. The van der Waals surface area contributed by atoms with Crippen LogP contribution in [-0.2, 0) is 26.8 Å². The number of unbranched alkanes of at least 4 members (excludes halogenated alkanes) is 14. The normalized spacial score (nSPS) is 12.5. The summed E-state index contributed by atoms with van der Waals surface area (Å²) in [6.45, 7) is 2.79. The molecule has 0 spiro atoms. The summed E-state index contributed by atoms with van der Waals surface area (Å²) in [5, 5.41) is 0.793. The minimum Gasteiger partial charge on any atom is -0.319 e. The van der Waals surface area contributed by atoms with E-state index in [-0.39, 0.29) is 10.6 Å². The van der Waals surface area contributed by atoms with E-state index in [4.69, 9.17) is 4.55 Å². The molecule has 0 unspecified atom stereocenters. The van der Waals surface area contributed by atoms with Crippen LogP contribution in [0.5, 0.6) is 0 Å². The number of aromatic nitrogens is 2. The second-order valence-corrected chi connectivity index (χ2v) is 14.2. The lowest BCUT2D eigenvalue weighted by atomic mass is 10.1. The van der Waals surface area contributed by atoms with Crippen molar-refractivity contribution in [2.45, 2.75) is 126 Å². The zero-order valence-corrected chi connectivity index (χ0v) is 25.3. The largest absolute Gasteiger partial charge is 0.319 e. The molecule has 0 aliphatic carbocycles. The molecule has 0 saturated carbocycles. The van der Waals surface area contributed by atoms with Gasteiger partial charge in [-0.1, -0.05) is 102 Å². The lowest BCUT2D eigenvalue weighted by Gasteiger charge is -2.09. The zero-order chi connectivity index (χ0) is 27.9. The van der Waals surface area contributed by atoms with E-state index in [2.05, 4.69) is 11.9 Å². The average molecular weight is 591 g/mol. The molecule has 0 amide bonds. The van der Waals surface area contributed by atoms with Gasteiger partial charge in [-0.3, -0.25) is 9.11 Å². The van der Waals surface area contributed by atoms with Crippen LogP contribution in [0.2, 0.25) is 0 Å². The topological polar surface area (TPSA) is 127 Å². The summed E-state index contributed by atoms with van der Waals surface area (Å²) in [6.07, 6.45) is 18.6. The van der Waals surface area contributed by atoms with Gasteiger partial charge in [0, 0.05) is 12.3 Å². The quantitative estimate of drug-likeness (QED) is 0.0819. The maximum atomic E-state index is 11.6. The lowest BCUT2D eigenvalue weighted by Crippen LogP contribution is -2.05. The molecule has 218 valence electrons. The van der Waals surface area contributed by atoms with E-state index in [1.165, 1.54) is 89.2 Å². The molecule has 0 aliphatic rings. The first-order valence-corrected chi connectivity index (χ1v) is 18.2. The summed E-state index contributed by atoms with van der Waals surface area (Å²) in [7, 11) is -8.31. The molecule has 1 aromatic heterocycles. The molecule has 1 aromatic carbocycles. The van der Waals surface area contributed by atoms with Crippen LogP contribution in [0.25, 0.3) is 11.0 Å². The van der Waals surface area contributed by atoms with Crippen LogP contribution in [0.15, 0.2) is 28.3 Å². The average Bonchev–Trinajstić information content (AvgIpc) is 3.19. The van der Waals surface area contributed by atoms with Crippen LogP contribution in [0.1, 0.15) is 110 Å². The summed E-state index contributed by atoms with van der Waals surface area (Å²) < 4.78 is 65.5. The van der Waals surface area contributed by atoms with Crippen molar-refractivity contribution in [1.29, 1.82) is 0 Å². The Morgan fingerprint density at radius 3 is 1.87 bits per heavy atom. The third kappa shape index (κ3) is 13.3. The summed E-state index contributed by atoms with van der Waals surface area (Å²) in [4.78, 5) is 4.51. The Bertz CT molecular complexity index is 1160. The highest BCUT2D eigenvalue weighted by Gasteiger charge is 2.16. The van der Waals surface area contributed by atoms with Crippen molar-refractivity contribution >= 4 is 43.0 Å². The number of fused-ring (bicyclic) bond motifs is 1. The fraction of sp³-hybridized carbons (Fsp3) is 0.741. The van der Waals surface area contributed by atoms with E-state index >= 15 is 0 Å². The van der Waals surface area contributed by atoms with Crippen molar-refractivity contribution in [3.05, 3.63) is 18.2 Å². The van der Waals surface area contributed by atoms with Crippen molar-refractivity contribution < 1.29 is 25.9 Å². The maximum Gasteiger partial charge on any atom is 0.294 e. The van der Waals surface area contributed by atoms with Crippen LogP contribution in [-0.4, -0.2) is 47.0 Å². The SMILES string of the molecule is CCCCCCCCCCCCCCCSc1nc2ccc(S(=O)(=O)O)cc2n1CCCCCS(=O)(=O)O. The first-order chi connectivity index (χ1) is 18.1. The zero-order valence-electron chi connectivity index (χ0n) is 22.8. The number of nitrogens with zero attached hydrogens (tertiary/aromatic N) is 2. The van der Waals surface area contributed by atoms with Gasteiger partial charge in [-0.2, -0.15) is 16.8 Å². The molecule has 0 atom stereocenters. The van der Waals surface area contributed by atoms with E-state index in [0.717, 1.165) is 17.3 Å². The summed E-state index contributed by atoms with van der Waals surface area (Å²) in [5.74, 6) is 0.639. The van der Waals surface area contributed by atoms with Crippen molar-refractivity contribution in [3.8, 4) is 0 Å². The summed E-state index contributed by atoms with van der Waals surface area (Å²) in [6, 6.07) is 4.38. The molecule has 1 heterocycles. The predicted octanol–water partition coefficient (Wildman–Crippen LogP) is 7.52. The molecule has 2 aromatic rings. The fourth-order valence-electron chi connectivity index (χ4n) is 4.58. The van der Waals surface area contributed by atoms with Crippen LogP contribution >= 0.6 is 11.8 Å². The number of thioether (sulfide) groups is 1. The summed E-state index contributed by atoms with van der Waals surface area (Å²) in [5.41, 5.74) is 1.28. The molecule has 38 heavy (non-hydrogen) atoms. The highest BCUT2D eigenvalue weighted by atomic mass is 32.2. The van der Waals surface area contributed by atoms with E-state index in [9.17, 15) is 21.4 Å². The van der Waals surface area contributed by atoms with E-state index < -0.39 is 20.2 Å². The highest BCUT2D eigenvalue weighted by molar-refractivity contribution is 7.99. The minimum atomic E-state index is -4.33. The molecule has 0 aliphatic heterocycles. The molecule has 8 nitrogen and oxygen atoms in total. The van der Waals surface area contributed by atoms with Gasteiger partial charge >= 0.3 is 0 Å². The molecule has 0 fully saturated rings. The van der Waals surface area contributed by atoms with Gasteiger partial charge in [0.2, 0.25) is 0 Å². The standard InChI is InChI=1S/C27H46N2O6S3/c1-2-3-4-5-6-7-8-9-10-11-12-13-16-21-36-27-28-25-19-18-24(38(33,34)35)23-26(25)29(27)20-15-14-17-22-37(30,31)32/h18-19,23H,2-17,20-22H2,1H3,(H,30,31,32)(H,33,34,35). The Morgan fingerprint density at radius 1 is 0.763 bits per heavy atom. The van der Waals surface area contributed by atoms with Gasteiger partial charge in [0.15, 0.2) is 5.16 Å². The molecule has 2 rings (SSSR count). The minimum absolute atomic E-state index is 0.175. The van der Waals surface area contributed by atoms with Gasteiger partial charge < -0.3 is 4.57 Å². The second kappa shape index (κ2) is 17.5. The van der Waals surface area contributed by atoms with E-state index in [1.54, 1.807) is 17.8 Å². The smallest absolute Gasteiger partial charge is 0.294 e. The third-order valence-electron chi connectivity index (χ3n) is 6.75.